The molecule has 0 saturated heterocycles. The first-order chi connectivity index (χ1) is 9.60. The number of carbonyl (C=O) groups excluding carboxylic acids is 1. The number of aliphatic carboxylic acids is 1. The minimum Gasteiger partial charge on any atom is -0.480 e. The molecule has 110 valence electrons. The highest BCUT2D eigenvalue weighted by molar-refractivity contribution is 5.87. The van der Waals surface area contributed by atoms with Crippen molar-refractivity contribution in [3.8, 4) is 0 Å². The van der Waals surface area contributed by atoms with Crippen molar-refractivity contribution < 1.29 is 19.4 Å². The van der Waals surface area contributed by atoms with Crippen molar-refractivity contribution in [3.05, 3.63) is 35.9 Å². The van der Waals surface area contributed by atoms with Gasteiger partial charge in [0.2, 0.25) is 5.91 Å². The molecule has 1 aromatic rings. The van der Waals surface area contributed by atoms with Gasteiger partial charge in [-0.3, -0.25) is 9.59 Å². The van der Waals surface area contributed by atoms with E-state index in [4.69, 9.17) is 15.6 Å². The molecule has 1 aromatic carbocycles. The maximum atomic E-state index is 12.4. The maximum Gasteiger partial charge on any atom is 0.323 e. The summed E-state index contributed by atoms with van der Waals surface area (Å²) in [5.41, 5.74) is 6.46. The molecule has 3 N–H and O–H groups in total. The van der Waals surface area contributed by atoms with Crippen LogP contribution >= 0.6 is 0 Å². The SMILES string of the molecule is COCCN(CC(=O)O)C(=O)C(CN)c1ccccc1. The first-order valence-corrected chi connectivity index (χ1v) is 6.34. The summed E-state index contributed by atoms with van der Waals surface area (Å²) in [5, 5.41) is 8.89. The van der Waals surface area contributed by atoms with Crippen molar-refractivity contribution in [1.82, 2.24) is 4.90 Å². The van der Waals surface area contributed by atoms with Crippen LogP contribution in [0.1, 0.15) is 11.5 Å². The second-order valence-electron chi connectivity index (χ2n) is 4.35. The summed E-state index contributed by atoms with van der Waals surface area (Å²) in [7, 11) is 1.50. The van der Waals surface area contributed by atoms with Crippen molar-refractivity contribution in [2.75, 3.05) is 33.4 Å². The largest absolute Gasteiger partial charge is 0.480 e. The number of benzene rings is 1. The van der Waals surface area contributed by atoms with Crippen molar-refractivity contribution in [3.63, 3.8) is 0 Å². The lowest BCUT2D eigenvalue weighted by molar-refractivity contribution is -0.145. The fourth-order valence-corrected chi connectivity index (χ4v) is 1.92. The molecule has 1 atom stereocenters. The van der Waals surface area contributed by atoms with Gasteiger partial charge >= 0.3 is 5.97 Å². The van der Waals surface area contributed by atoms with Crippen LogP contribution in [0.15, 0.2) is 30.3 Å². The zero-order chi connectivity index (χ0) is 15.0. The molecule has 20 heavy (non-hydrogen) atoms. The summed E-state index contributed by atoms with van der Waals surface area (Å²) in [6, 6.07) is 9.11. The topological polar surface area (TPSA) is 92.9 Å². The standard InChI is InChI=1S/C14H20N2O4/c1-20-8-7-16(10-13(17)18)14(19)12(9-15)11-5-3-2-4-6-11/h2-6,12H,7-10,15H2,1H3,(H,17,18). The van der Waals surface area contributed by atoms with E-state index in [2.05, 4.69) is 0 Å². The molecule has 1 rings (SSSR count). The molecule has 1 amide bonds. The third-order valence-corrected chi connectivity index (χ3v) is 2.94. The third kappa shape index (κ3) is 4.64. The number of methoxy groups -OCH3 is 1. The lowest BCUT2D eigenvalue weighted by atomic mass is 9.97. The average Bonchev–Trinajstić information content (AvgIpc) is 2.45. The monoisotopic (exact) mass is 280 g/mol. The Hall–Kier alpha value is -1.92. The fraction of sp³-hybridized carbons (Fsp3) is 0.429. The van der Waals surface area contributed by atoms with Crippen LogP contribution in [0.3, 0.4) is 0 Å². The molecule has 1 unspecified atom stereocenters. The van der Waals surface area contributed by atoms with Gasteiger partial charge in [0.05, 0.1) is 12.5 Å². The zero-order valence-corrected chi connectivity index (χ0v) is 11.5. The van der Waals surface area contributed by atoms with E-state index in [0.29, 0.717) is 0 Å². The van der Waals surface area contributed by atoms with Crippen LogP contribution in [0.2, 0.25) is 0 Å². The van der Waals surface area contributed by atoms with Gasteiger partial charge in [0.25, 0.3) is 0 Å². The number of amides is 1. The summed E-state index contributed by atoms with van der Waals surface area (Å²) in [6.07, 6.45) is 0. The van der Waals surface area contributed by atoms with E-state index >= 15 is 0 Å². The Balaban J connectivity index is 2.87. The molecule has 0 heterocycles. The number of carboxylic acid groups (broad SMARTS) is 1. The second kappa shape index (κ2) is 8.29. The van der Waals surface area contributed by atoms with E-state index in [1.807, 2.05) is 30.3 Å². The quantitative estimate of drug-likeness (QED) is 0.714. The summed E-state index contributed by atoms with van der Waals surface area (Å²) in [5.74, 6) is -1.89. The highest BCUT2D eigenvalue weighted by atomic mass is 16.5. The van der Waals surface area contributed by atoms with Crippen LogP contribution in [-0.2, 0) is 14.3 Å². The molecule has 0 spiro atoms. The molecular weight excluding hydrogens is 260 g/mol. The van der Waals surface area contributed by atoms with Gasteiger partial charge in [0, 0.05) is 20.2 Å². The van der Waals surface area contributed by atoms with Crippen LogP contribution in [0.4, 0.5) is 0 Å². The van der Waals surface area contributed by atoms with Gasteiger partial charge in [0.1, 0.15) is 6.54 Å². The maximum absolute atomic E-state index is 12.4. The highest BCUT2D eigenvalue weighted by Gasteiger charge is 2.25. The Morgan fingerprint density at radius 3 is 2.50 bits per heavy atom. The molecular formula is C14H20N2O4. The normalized spacial score (nSPS) is 11.9. The summed E-state index contributed by atoms with van der Waals surface area (Å²) >= 11 is 0. The third-order valence-electron chi connectivity index (χ3n) is 2.94. The Bertz CT molecular complexity index is 436. The zero-order valence-electron chi connectivity index (χ0n) is 11.5. The van der Waals surface area contributed by atoms with E-state index in [9.17, 15) is 9.59 Å². The smallest absolute Gasteiger partial charge is 0.323 e. The van der Waals surface area contributed by atoms with Gasteiger partial charge in [-0.2, -0.15) is 0 Å². The summed E-state index contributed by atoms with van der Waals surface area (Å²) in [4.78, 5) is 24.6. The molecule has 0 fully saturated rings. The number of nitrogens with two attached hydrogens (primary N) is 1. The molecule has 0 radical (unpaired) electrons. The van der Waals surface area contributed by atoms with Crippen LogP contribution in [0, 0.1) is 0 Å². The lowest BCUT2D eigenvalue weighted by Crippen LogP contribution is -2.42. The fourth-order valence-electron chi connectivity index (χ4n) is 1.92. The van der Waals surface area contributed by atoms with E-state index in [1.54, 1.807) is 0 Å². The van der Waals surface area contributed by atoms with Gasteiger partial charge in [-0.25, -0.2) is 0 Å². The van der Waals surface area contributed by atoms with E-state index < -0.39 is 11.9 Å². The Morgan fingerprint density at radius 2 is 2.00 bits per heavy atom. The van der Waals surface area contributed by atoms with Crippen molar-refractivity contribution >= 4 is 11.9 Å². The van der Waals surface area contributed by atoms with Crippen LogP contribution in [0.5, 0.6) is 0 Å². The minimum absolute atomic E-state index is 0.131. The summed E-state index contributed by atoms with van der Waals surface area (Å²) < 4.78 is 4.91. The Kier molecular flexibility index (Phi) is 6.69. The highest BCUT2D eigenvalue weighted by Crippen LogP contribution is 2.17. The van der Waals surface area contributed by atoms with Crippen molar-refractivity contribution in [2.24, 2.45) is 5.73 Å². The molecule has 0 aliphatic rings. The van der Waals surface area contributed by atoms with Gasteiger partial charge in [-0.15, -0.1) is 0 Å². The molecule has 6 nitrogen and oxygen atoms in total. The molecule has 0 bridgehead atoms. The minimum atomic E-state index is -1.06. The number of hydrogen-bond donors (Lipinski definition) is 2. The molecule has 0 aliphatic carbocycles. The van der Waals surface area contributed by atoms with Gasteiger partial charge < -0.3 is 20.5 Å². The molecule has 6 heteroatoms. The Labute approximate surface area is 118 Å². The number of carbonyl (C=O) groups is 2. The van der Waals surface area contributed by atoms with Crippen molar-refractivity contribution in [2.45, 2.75) is 5.92 Å². The van der Waals surface area contributed by atoms with Crippen LogP contribution in [-0.4, -0.2) is 55.2 Å². The molecule has 0 aromatic heterocycles. The number of nitrogens with zero attached hydrogens (tertiary/aromatic N) is 1. The molecule has 0 saturated carbocycles. The summed E-state index contributed by atoms with van der Waals surface area (Å²) in [6.45, 7) is 0.285. The van der Waals surface area contributed by atoms with Crippen molar-refractivity contribution in [1.29, 1.82) is 0 Å². The van der Waals surface area contributed by atoms with Gasteiger partial charge in [-0.1, -0.05) is 30.3 Å². The predicted molar refractivity (Wildman–Crippen MR) is 74.3 cm³/mol. The number of rotatable bonds is 8. The van der Waals surface area contributed by atoms with E-state index in [-0.39, 0.29) is 32.1 Å². The molecule has 0 aliphatic heterocycles. The number of carboxylic acids is 1. The van der Waals surface area contributed by atoms with Crippen LogP contribution in [0.25, 0.3) is 0 Å². The van der Waals surface area contributed by atoms with E-state index in [1.165, 1.54) is 12.0 Å². The van der Waals surface area contributed by atoms with Crippen LogP contribution < -0.4 is 5.73 Å². The van der Waals surface area contributed by atoms with E-state index in [0.717, 1.165) is 5.56 Å². The first-order valence-electron chi connectivity index (χ1n) is 6.34. The first kappa shape index (κ1) is 16.1. The second-order valence-corrected chi connectivity index (χ2v) is 4.35. The number of ether oxygens (including phenoxy) is 1. The van der Waals surface area contributed by atoms with Gasteiger partial charge in [0.15, 0.2) is 0 Å². The predicted octanol–water partition coefficient (Wildman–Crippen LogP) is 0.289. The Morgan fingerprint density at radius 1 is 1.35 bits per heavy atom. The van der Waals surface area contributed by atoms with Gasteiger partial charge in [-0.05, 0) is 5.56 Å². The number of hydrogen-bond acceptors (Lipinski definition) is 4. The average molecular weight is 280 g/mol. The lowest BCUT2D eigenvalue weighted by Gasteiger charge is -2.25.